The third-order valence-electron chi connectivity index (χ3n) is 6.47. The summed E-state index contributed by atoms with van der Waals surface area (Å²) in [5, 5.41) is 2.80. The van der Waals surface area contributed by atoms with Crippen molar-refractivity contribution >= 4 is 45.2 Å². The first kappa shape index (κ1) is 31.1. The fourth-order valence-corrected chi connectivity index (χ4v) is 5.15. The molecule has 212 valence electrons. The second-order valence-electron chi connectivity index (χ2n) is 9.37. The molecule has 0 atom stereocenters. The summed E-state index contributed by atoms with van der Waals surface area (Å²) in [7, 11) is 0. The lowest BCUT2D eigenvalue weighted by atomic mass is 10.0. The summed E-state index contributed by atoms with van der Waals surface area (Å²) >= 11 is 3.50. The summed E-state index contributed by atoms with van der Waals surface area (Å²) in [6.45, 7) is 3.96. The number of hydrogen-bond acceptors (Lipinski definition) is 4. The normalized spacial score (nSPS) is 12.1. The Labute approximate surface area is 249 Å². The van der Waals surface area contributed by atoms with Gasteiger partial charge in [0.25, 0.3) is 5.91 Å². The van der Waals surface area contributed by atoms with Gasteiger partial charge in [-0.05, 0) is 58.6 Å². The van der Waals surface area contributed by atoms with Crippen molar-refractivity contribution in [2.75, 3.05) is 36.0 Å². The summed E-state index contributed by atoms with van der Waals surface area (Å²) in [4.78, 5) is 42.1. The summed E-state index contributed by atoms with van der Waals surface area (Å²) in [6.07, 6.45) is 6.25. The molecule has 0 fully saturated rings. The number of benzene rings is 2. The number of nitrogens with zero attached hydrogens (tertiary/aromatic N) is 3. The number of aromatic nitrogens is 1. The Balaban J connectivity index is 0.00000441. The summed E-state index contributed by atoms with van der Waals surface area (Å²) in [5.41, 5.74) is 3.27. The smallest absolute Gasteiger partial charge is 0.414 e. The Hall–Kier alpha value is -3.43. The highest BCUT2D eigenvalue weighted by molar-refractivity contribution is 9.10. The zero-order chi connectivity index (χ0) is 27.6. The van der Waals surface area contributed by atoms with Gasteiger partial charge in [-0.2, -0.15) is 0 Å². The largest absolute Gasteiger partial charge is 1.00 e. The fourth-order valence-electron chi connectivity index (χ4n) is 4.65. The number of para-hydroxylation sites is 2. The van der Waals surface area contributed by atoms with Gasteiger partial charge in [-0.15, -0.1) is 0 Å². The highest BCUT2D eigenvalue weighted by Gasteiger charge is 2.24. The minimum absolute atomic E-state index is 0. The number of fused-ring (bicyclic) bond motifs is 1. The van der Waals surface area contributed by atoms with E-state index in [1.165, 1.54) is 0 Å². The van der Waals surface area contributed by atoms with Crippen molar-refractivity contribution in [3.63, 3.8) is 0 Å². The number of nitrogens with one attached hydrogen (secondary N) is 1. The Morgan fingerprint density at radius 3 is 2.60 bits per heavy atom. The summed E-state index contributed by atoms with van der Waals surface area (Å²) in [5.74, 6) is -0.408. The van der Waals surface area contributed by atoms with Crippen LogP contribution >= 0.6 is 15.9 Å². The number of amides is 3. The minimum Gasteiger partial charge on any atom is -1.00 e. The van der Waals surface area contributed by atoms with Gasteiger partial charge >= 0.3 is 6.09 Å². The van der Waals surface area contributed by atoms with E-state index in [0.717, 1.165) is 41.5 Å². The standard InChI is InChI=1S/C30H33BrN4O4.ClH/c1-2-16-33-21-24(20-25(31)22-33)29(37)34(26-11-4-3-5-12-26)18-14-28(36)32-15-19-39-30(38)35-17-8-10-23-9-6-7-13-27(23)35;/h3-7,9,11-13,20-22H,2,8,10,14-19H2,1H3;1H. The molecular weight excluding hydrogens is 596 g/mol. The number of pyridine rings is 1. The predicted octanol–water partition coefficient (Wildman–Crippen LogP) is 1.89. The maximum Gasteiger partial charge on any atom is 0.414 e. The molecule has 10 heteroatoms. The van der Waals surface area contributed by atoms with Crippen LogP contribution in [0.2, 0.25) is 0 Å². The number of carbonyl (C=O) groups is 3. The SMILES string of the molecule is CCC[n+]1cc(Br)cc(C(=O)N(CCC(=O)NCCOC(=O)N2CCCc3ccccc32)c2ccccc2)c1.[Cl-]. The van der Waals surface area contributed by atoms with E-state index in [9.17, 15) is 14.4 Å². The van der Waals surface area contributed by atoms with E-state index in [4.69, 9.17) is 4.74 Å². The van der Waals surface area contributed by atoms with Crippen LogP contribution in [0.25, 0.3) is 0 Å². The van der Waals surface area contributed by atoms with Crippen molar-refractivity contribution < 1.29 is 36.1 Å². The average molecular weight is 630 g/mol. The molecule has 2 aromatic carbocycles. The fraction of sp³-hybridized carbons (Fsp3) is 0.333. The van der Waals surface area contributed by atoms with Crippen LogP contribution in [-0.4, -0.2) is 44.1 Å². The van der Waals surface area contributed by atoms with E-state index in [1.54, 1.807) is 15.9 Å². The van der Waals surface area contributed by atoms with Gasteiger partial charge in [0.05, 0.1) is 16.7 Å². The average Bonchev–Trinajstić information content (AvgIpc) is 2.95. The number of ether oxygens (including phenoxy) is 1. The lowest BCUT2D eigenvalue weighted by molar-refractivity contribution is -0.697. The Morgan fingerprint density at radius 1 is 1.07 bits per heavy atom. The molecule has 2 heterocycles. The molecule has 0 unspecified atom stereocenters. The first-order chi connectivity index (χ1) is 19.0. The maximum atomic E-state index is 13.5. The molecule has 8 nitrogen and oxygen atoms in total. The first-order valence-electron chi connectivity index (χ1n) is 13.3. The van der Waals surface area contributed by atoms with Crippen molar-refractivity contribution in [3.05, 3.63) is 88.7 Å². The number of hydrogen-bond donors (Lipinski definition) is 1. The van der Waals surface area contributed by atoms with Crippen molar-refractivity contribution in [1.82, 2.24) is 5.32 Å². The molecule has 0 saturated heterocycles. The number of carbonyl (C=O) groups excluding carboxylic acids is 3. The van der Waals surface area contributed by atoms with E-state index in [0.29, 0.717) is 17.8 Å². The van der Waals surface area contributed by atoms with E-state index in [-0.39, 0.29) is 50.3 Å². The zero-order valence-electron chi connectivity index (χ0n) is 22.5. The minimum atomic E-state index is -0.411. The second kappa shape index (κ2) is 15.4. The summed E-state index contributed by atoms with van der Waals surface area (Å²) < 4.78 is 8.22. The number of halogens is 2. The van der Waals surface area contributed by atoms with Crippen LogP contribution in [0, 0.1) is 0 Å². The van der Waals surface area contributed by atoms with E-state index >= 15 is 0 Å². The molecule has 0 aliphatic carbocycles. The van der Waals surface area contributed by atoms with Crippen LogP contribution in [0.1, 0.15) is 42.1 Å². The van der Waals surface area contributed by atoms with Crippen LogP contribution < -0.4 is 32.1 Å². The van der Waals surface area contributed by atoms with Crippen LogP contribution in [-0.2, 0) is 22.5 Å². The highest BCUT2D eigenvalue weighted by Crippen LogP contribution is 2.27. The quantitative estimate of drug-likeness (QED) is 0.275. The van der Waals surface area contributed by atoms with Crippen LogP contribution in [0.15, 0.2) is 77.5 Å². The van der Waals surface area contributed by atoms with Crippen LogP contribution in [0.4, 0.5) is 16.2 Å². The molecule has 1 aliphatic rings. The van der Waals surface area contributed by atoms with Crippen LogP contribution in [0.5, 0.6) is 0 Å². The molecule has 0 spiro atoms. The maximum absolute atomic E-state index is 13.5. The highest BCUT2D eigenvalue weighted by atomic mass is 79.9. The van der Waals surface area contributed by atoms with Gasteiger partial charge in [0.15, 0.2) is 12.4 Å². The molecule has 0 saturated carbocycles. The Morgan fingerprint density at radius 2 is 1.82 bits per heavy atom. The van der Waals surface area contributed by atoms with E-state index in [2.05, 4.69) is 28.2 Å². The predicted molar refractivity (Wildman–Crippen MR) is 154 cm³/mol. The van der Waals surface area contributed by atoms with Gasteiger partial charge in [0, 0.05) is 31.6 Å². The molecule has 4 rings (SSSR count). The molecule has 1 aliphatic heterocycles. The Kier molecular flexibility index (Phi) is 12.0. The molecule has 1 N–H and O–H groups in total. The third kappa shape index (κ3) is 8.29. The molecule has 0 radical (unpaired) electrons. The molecule has 40 heavy (non-hydrogen) atoms. The van der Waals surface area contributed by atoms with Gasteiger partial charge in [-0.25, -0.2) is 9.36 Å². The lowest BCUT2D eigenvalue weighted by Gasteiger charge is -2.28. The topological polar surface area (TPSA) is 82.8 Å². The zero-order valence-corrected chi connectivity index (χ0v) is 24.9. The molecule has 0 bridgehead atoms. The van der Waals surface area contributed by atoms with Crippen molar-refractivity contribution in [3.8, 4) is 0 Å². The molecule has 3 aromatic rings. The number of anilines is 2. The monoisotopic (exact) mass is 628 g/mol. The van der Waals surface area contributed by atoms with Gasteiger partial charge < -0.3 is 27.4 Å². The van der Waals surface area contributed by atoms with Gasteiger partial charge in [0.2, 0.25) is 5.91 Å². The van der Waals surface area contributed by atoms with Crippen molar-refractivity contribution in [2.24, 2.45) is 0 Å². The van der Waals surface area contributed by atoms with Gasteiger partial charge in [0.1, 0.15) is 18.7 Å². The number of rotatable bonds is 10. The van der Waals surface area contributed by atoms with Gasteiger partial charge in [-0.3, -0.25) is 14.5 Å². The molecule has 3 amide bonds. The molecular formula is C30H34BrClN4O4. The Bertz CT molecular complexity index is 1310. The van der Waals surface area contributed by atoms with Gasteiger partial charge in [-0.1, -0.05) is 43.3 Å². The van der Waals surface area contributed by atoms with Crippen molar-refractivity contribution in [2.45, 2.75) is 39.2 Å². The second-order valence-corrected chi connectivity index (χ2v) is 10.3. The lowest BCUT2D eigenvalue weighted by Crippen LogP contribution is -3.00. The van der Waals surface area contributed by atoms with Crippen LogP contribution in [0.3, 0.4) is 0 Å². The van der Waals surface area contributed by atoms with Crippen molar-refractivity contribution in [1.29, 1.82) is 0 Å². The van der Waals surface area contributed by atoms with E-state index < -0.39 is 6.09 Å². The van der Waals surface area contributed by atoms with E-state index in [1.807, 2.05) is 71.6 Å². The first-order valence-corrected chi connectivity index (χ1v) is 14.1. The summed E-state index contributed by atoms with van der Waals surface area (Å²) in [6, 6.07) is 18.9. The number of aryl methyl sites for hydroxylation is 2. The third-order valence-corrected chi connectivity index (χ3v) is 6.91. The molecule has 1 aromatic heterocycles.